The molecule has 4 aromatic heterocycles. The standard InChI is InChI=1S/C50H30N4O/c1-3-13-31(14-4-1)32-23-25-33(26-24-32)46-39-18-7-10-20-41(39)51-50(52-46)54-42-21-11-8-17-35(42)36-27-28-38-37-29-30-44-45(40-19-9-12-22-43(40)55-44)47(37)53(48(38)49(36)54)34-15-5-2-6-16-34/h1-30H. The lowest BCUT2D eigenvalue weighted by Crippen LogP contribution is -2.04. The normalized spacial score (nSPS) is 12.0. The van der Waals surface area contributed by atoms with E-state index in [2.05, 4.69) is 179 Å². The molecule has 0 unspecified atom stereocenters. The van der Waals surface area contributed by atoms with E-state index in [9.17, 15) is 0 Å². The SMILES string of the molecule is c1ccc(-c2ccc(-c3nc(-n4c5ccccc5c5ccc6c7ccc8oc9ccccc9c8c7n(-c7ccccc7)c6c54)nc4ccccc34)cc2)cc1. The zero-order chi connectivity index (χ0) is 36.0. The Bertz CT molecular complexity index is 3470. The van der Waals surface area contributed by atoms with Crippen LogP contribution in [0.5, 0.6) is 0 Å². The highest BCUT2D eigenvalue weighted by Gasteiger charge is 2.25. The predicted molar refractivity (Wildman–Crippen MR) is 226 cm³/mol. The zero-order valence-corrected chi connectivity index (χ0v) is 29.5. The number of rotatable bonds is 4. The second-order valence-electron chi connectivity index (χ2n) is 14.1. The van der Waals surface area contributed by atoms with Gasteiger partial charge in [-0.2, -0.15) is 0 Å². The molecule has 12 rings (SSSR count). The van der Waals surface area contributed by atoms with Crippen LogP contribution in [-0.2, 0) is 0 Å². The molecule has 0 aliphatic carbocycles. The van der Waals surface area contributed by atoms with E-state index in [-0.39, 0.29) is 0 Å². The Morgan fingerprint density at radius 1 is 0.364 bits per heavy atom. The fourth-order valence-corrected chi connectivity index (χ4v) is 8.72. The van der Waals surface area contributed by atoms with Crippen LogP contribution < -0.4 is 0 Å². The van der Waals surface area contributed by atoms with E-state index < -0.39 is 0 Å². The summed E-state index contributed by atoms with van der Waals surface area (Å²) in [6, 6.07) is 64.1. The molecule has 0 atom stereocenters. The zero-order valence-electron chi connectivity index (χ0n) is 29.5. The summed E-state index contributed by atoms with van der Waals surface area (Å²) in [6.45, 7) is 0. The van der Waals surface area contributed by atoms with Gasteiger partial charge in [-0.05, 0) is 53.6 Å². The fraction of sp³-hybridized carbons (Fsp3) is 0. The number of benzene rings is 8. The number of furan rings is 1. The van der Waals surface area contributed by atoms with Gasteiger partial charge in [0.05, 0.1) is 38.7 Å². The molecule has 0 N–H and O–H groups in total. The molecule has 0 radical (unpaired) electrons. The van der Waals surface area contributed by atoms with Crippen LogP contribution in [0.3, 0.4) is 0 Å². The van der Waals surface area contributed by atoms with E-state index in [1.807, 2.05) is 12.1 Å². The van der Waals surface area contributed by atoms with E-state index in [1.54, 1.807) is 0 Å². The Balaban J connectivity index is 1.23. The molecule has 0 fully saturated rings. The lowest BCUT2D eigenvalue weighted by molar-refractivity contribution is 0.669. The Morgan fingerprint density at radius 2 is 0.945 bits per heavy atom. The van der Waals surface area contributed by atoms with Crippen LogP contribution in [0.15, 0.2) is 186 Å². The van der Waals surface area contributed by atoms with Gasteiger partial charge in [0.1, 0.15) is 11.2 Å². The highest BCUT2D eigenvalue weighted by atomic mass is 16.3. The fourth-order valence-electron chi connectivity index (χ4n) is 8.72. The average Bonchev–Trinajstić information content (AvgIpc) is 3.92. The third-order valence-electron chi connectivity index (χ3n) is 11.1. The Morgan fingerprint density at radius 3 is 1.76 bits per heavy atom. The summed E-state index contributed by atoms with van der Waals surface area (Å²) in [6.07, 6.45) is 0. The van der Waals surface area contributed by atoms with E-state index in [1.165, 1.54) is 11.1 Å². The molecule has 55 heavy (non-hydrogen) atoms. The minimum Gasteiger partial charge on any atom is -0.456 e. The van der Waals surface area contributed by atoms with E-state index in [0.29, 0.717) is 5.95 Å². The molecule has 5 heteroatoms. The number of para-hydroxylation sites is 4. The average molecular weight is 703 g/mol. The lowest BCUT2D eigenvalue weighted by Gasteiger charge is -2.14. The van der Waals surface area contributed by atoms with Crippen molar-refractivity contribution in [1.82, 2.24) is 19.1 Å². The van der Waals surface area contributed by atoms with Crippen LogP contribution in [0.1, 0.15) is 0 Å². The smallest absolute Gasteiger partial charge is 0.235 e. The first kappa shape index (κ1) is 30.0. The van der Waals surface area contributed by atoms with Crippen molar-refractivity contribution >= 4 is 76.5 Å². The Hall–Kier alpha value is -7.50. The van der Waals surface area contributed by atoms with Crippen molar-refractivity contribution < 1.29 is 4.42 Å². The maximum atomic E-state index is 6.47. The molecule has 4 heterocycles. The number of fused-ring (bicyclic) bond motifs is 12. The van der Waals surface area contributed by atoms with Crippen molar-refractivity contribution in [3.05, 3.63) is 182 Å². The third kappa shape index (κ3) is 4.35. The highest BCUT2D eigenvalue weighted by molar-refractivity contribution is 6.29. The van der Waals surface area contributed by atoms with Gasteiger partial charge in [-0.1, -0.05) is 140 Å². The summed E-state index contributed by atoms with van der Waals surface area (Å²) in [5.74, 6) is 0.628. The Labute approximate surface area is 315 Å². The molecule has 256 valence electrons. The molecule has 5 nitrogen and oxygen atoms in total. The van der Waals surface area contributed by atoms with Crippen molar-refractivity contribution in [2.24, 2.45) is 0 Å². The number of nitrogens with zero attached hydrogens (tertiary/aromatic N) is 4. The van der Waals surface area contributed by atoms with Crippen LogP contribution in [0.4, 0.5) is 0 Å². The van der Waals surface area contributed by atoms with E-state index in [0.717, 1.165) is 93.4 Å². The quantitative estimate of drug-likeness (QED) is 0.183. The molecular weight excluding hydrogens is 673 g/mol. The van der Waals surface area contributed by atoms with Gasteiger partial charge in [0, 0.05) is 43.6 Å². The first-order valence-electron chi connectivity index (χ1n) is 18.6. The third-order valence-corrected chi connectivity index (χ3v) is 11.1. The molecule has 0 amide bonds. The van der Waals surface area contributed by atoms with Crippen molar-refractivity contribution in [1.29, 1.82) is 0 Å². The number of aromatic nitrogens is 4. The molecule has 0 spiro atoms. The Kier molecular flexibility index (Phi) is 6.27. The van der Waals surface area contributed by atoms with Gasteiger partial charge in [0.25, 0.3) is 0 Å². The van der Waals surface area contributed by atoms with Crippen molar-refractivity contribution in [2.45, 2.75) is 0 Å². The monoisotopic (exact) mass is 702 g/mol. The molecule has 0 saturated carbocycles. The first-order valence-corrected chi connectivity index (χ1v) is 18.6. The summed E-state index contributed by atoms with van der Waals surface area (Å²) in [5, 5.41) is 7.82. The predicted octanol–water partition coefficient (Wildman–Crippen LogP) is 13.1. The summed E-state index contributed by atoms with van der Waals surface area (Å²) < 4.78 is 11.2. The molecule has 0 aliphatic heterocycles. The minimum absolute atomic E-state index is 0.628. The maximum absolute atomic E-state index is 6.47. The topological polar surface area (TPSA) is 48.8 Å². The lowest BCUT2D eigenvalue weighted by atomic mass is 10.0. The summed E-state index contributed by atoms with van der Waals surface area (Å²) in [5.41, 5.74) is 12.3. The van der Waals surface area contributed by atoms with Gasteiger partial charge < -0.3 is 8.98 Å². The van der Waals surface area contributed by atoms with Crippen LogP contribution in [0.25, 0.3) is 110 Å². The van der Waals surface area contributed by atoms with Gasteiger partial charge in [-0.15, -0.1) is 0 Å². The van der Waals surface area contributed by atoms with Gasteiger partial charge in [0.2, 0.25) is 5.95 Å². The van der Waals surface area contributed by atoms with Gasteiger partial charge in [0.15, 0.2) is 0 Å². The first-order chi connectivity index (χ1) is 27.3. The molecular formula is C50H30N4O. The second kappa shape index (κ2) is 11.5. The van der Waals surface area contributed by atoms with Crippen molar-refractivity contribution in [3.8, 4) is 34.0 Å². The summed E-state index contributed by atoms with van der Waals surface area (Å²) in [7, 11) is 0. The highest BCUT2D eigenvalue weighted by Crippen LogP contribution is 2.45. The van der Waals surface area contributed by atoms with Crippen LogP contribution in [-0.4, -0.2) is 19.1 Å². The largest absolute Gasteiger partial charge is 0.456 e. The van der Waals surface area contributed by atoms with Crippen molar-refractivity contribution in [2.75, 3.05) is 0 Å². The van der Waals surface area contributed by atoms with Gasteiger partial charge in [-0.3, -0.25) is 4.57 Å². The van der Waals surface area contributed by atoms with E-state index in [4.69, 9.17) is 14.4 Å². The van der Waals surface area contributed by atoms with Gasteiger partial charge in [-0.25, -0.2) is 9.97 Å². The molecule has 0 saturated heterocycles. The van der Waals surface area contributed by atoms with Crippen LogP contribution in [0.2, 0.25) is 0 Å². The second-order valence-corrected chi connectivity index (χ2v) is 14.1. The maximum Gasteiger partial charge on any atom is 0.235 e. The molecule has 0 aliphatic rings. The molecule has 12 aromatic rings. The summed E-state index contributed by atoms with van der Waals surface area (Å²) in [4.78, 5) is 10.8. The number of hydrogen-bond acceptors (Lipinski definition) is 3. The summed E-state index contributed by atoms with van der Waals surface area (Å²) >= 11 is 0. The van der Waals surface area contributed by atoms with Gasteiger partial charge >= 0.3 is 0 Å². The van der Waals surface area contributed by atoms with Crippen LogP contribution >= 0.6 is 0 Å². The van der Waals surface area contributed by atoms with Crippen LogP contribution in [0, 0.1) is 0 Å². The molecule has 0 bridgehead atoms. The van der Waals surface area contributed by atoms with E-state index >= 15 is 0 Å². The number of hydrogen-bond donors (Lipinski definition) is 0. The molecule has 8 aromatic carbocycles. The van der Waals surface area contributed by atoms with Crippen molar-refractivity contribution in [3.63, 3.8) is 0 Å². The minimum atomic E-state index is 0.628.